The Bertz CT molecular complexity index is 430. The first kappa shape index (κ1) is 13.8. The maximum Gasteiger partial charge on any atom is 0.234 e. The molecule has 0 radical (unpaired) electrons. The standard InChI is InChI=1S/C11H16N4O3/c1-3-18-9-5-4-8(6-13-9)14-11(16)7(2)10(12)15-17/h4-7,17H,3H2,1-2H3,(H2,12,15)(H,14,16). The number of hydrogen-bond donors (Lipinski definition) is 3. The molecule has 4 N–H and O–H groups in total. The summed E-state index contributed by atoms with van der Waals surface area (Å²) in [5.74, 6) is -0.760. The van der Waals surface area contributed by atoms with Gasteiger partial charge in [0.15, 0.2) is 5.84 Å². The number of carbonyl (C=O) groups excluding carboxylic acids is 1. The van der Waals surface area contributed by atoms with Crippen LogP contribution in [0, 0.1) is 5.92 Å². The summed E-state index contributed by atoms with van der Waals surface area (Å²) in [7, 11) is 0. The average molecular weight is 252 g/mol. The summed E-state index contributed by atoms with van der Waals surface area (Å²) in [4.78, 5) is 15.7. The number of carbonyl (C=O) groups is 1. The molecule has 1 amide bonds. The van der Waals surface area contributed by atoms with Crippen molar-refractivity contribution in [2.45, 2.75) is 13.8 Å². The van der Waals surface area contributed by atoms with Gasteiger partial charge in [0.1, 0.15) is 0 Å². The van der Waals surface area contributed by atoms with Crippen LogP contribution in [0.25, 0.3) is 0 Å². The second-order valence-corrected chi connectivity index (χ2v) is 3.55. The minimum Gasteiger partial charge on any atom is -0.478 e. The molecule has 0 fully saturated rings. The lowest BCUT2D eigenvalue weighted by atomic mass is 10.1. The van der Waals surface area contributed by atoms with Gasteiger partial charge in [0.05, 0.1) is 24.4 Å². The van der Waals surface area contributed by atoms with E-state index in [4.69, 9.17) is 15.7 Å². The molecular formula is C11H16N4O3. The highest BCUT2D eigenvalue weighted by atomic mass is 16.5. The average Bonchev–Trinajstić information content (AvgIpc) is 2.39. The molecule has 0 spiro atoms. The van der Waals surface area contributed by atoms with E-state index in [9.17, 15) is 4.79 Å². The van der Waals surface area contributed by atoms with Crippen molar-refractivity contribution in [1.29, 1.82) is 0 Å². The zero-order valence-corrected chi connectivity index (χ0v) is 10.3. The van der Waals surface area contributed by atoms with Crippen molar-refractivity contribution in [3.05, 3.63) is 18.3 Å². The van der Waals surface area contributed by atoms with E-state index in [2.05, 4.69) is 15.5 Å². The van der Waals surface area contributed by atoms with Crippen molar-refractivity contribution in [2.75, 3.05) is 11.9 Å². The van der Waals surface area contributed by atoms with Crippen molar-refractivity contribution in [1.82, 2.24) is 4.98 Å². The number of rotatable bonds is 5. The Morgan fingerprint density at radius 1 is 1.67 bits per heavy atom. The quantitative estimate of drug-likeness (QED) is 0.311. The van der Waals surface area contributed by atoms with Crippen LogP contribution >= 0.6 is 0 Å². The van der Waals surface area contributed by atoms with Crippen LogP contribution in [0.2, 0.25) is 0 Å². The SMILES string of the molecule is CCOc1ccc(NC(=O)C(C)C(N)=NO)cn1. The third kappa shape index (κ3) is 3.62. The van der Waals surface area contributed by atoms with E-state index in [0.29, 0.717) is 18.2 Å². The minimum atomic E-state index is -0.721. The van der Waals surface area contributed by atoms with E-state index in [1.165, 1.54) is 13.1 Å². The van der Waals surface area contributed by atoms with Gasteiger partial charge in [0, 0.05) is 6.07 Å². The van der Waals surface area contributed by atoms with E-state index in [-0.39, 0.29) is 11.7 Å². The van der Waals surface area contributed by atoms with Crippen molar-refractivity contribution >= 4 is 17.4 Å². The first-order chi connectivity index (χ1) is 8.58. The minimum absolute atomic E-state index is 0.147. The molecule has 1 rings (SSSR count). The predicted octanol–water partition coefficient (Wildman–Crippen LogP) is 0.801. The molecule has 0 bridgehead atoms. The number of nitrogens with two attached hydrogens (primary N) is 1. The molecule has 0 aromatic carbocycles. The van der Waals surface area contributed by atoms with Crippen LogP contribution in [0.3, 0.4) is 0 Å². The molecule has 0 saturated heterocycles. The third-order valence-corrected chi connectivity index (χ3v) is 2.25. The first-order valence-electron chi connectivity index (χ1n) is 5.45. The summed E-state index contributed by atoms with van der Waals surface area (Å²) >= 11 is 0. The fourth-order valence-electron chi connectivity index (χ4n) is 1.16. The molecule has 1 aromatic heterocycles. The number of nitrogens with one attached hydrogen (secondary N) is 1. The smallest absolute Gasteiger partial charge is 0.234 e. The number of pyridine rings is 1. The highest BCUT2D eigenvalue weighted by Gasteiger charge is 2.17. The van der Waals surface area contributed by atoms with Crippen LogP contribution in [0.15, 0.2) is 23.5 Å². The number of oxime groups is 1. The van der Waals surface area contributed by atoms with Crippen molar-refractivity contribution in [3.8, 4) is 5.88 Å². The van der Waals surface area contributed by atoms with Gasteiger partial charge in [-0.05, 0) is 19.9 Å². The number of anilines is 1. The molecule has 7 heteroatoms. The maximum atomic E-state index is 11.7. The van der Waals surface area contributed by atoms with Gasteiger partial charge in [-0.2, -0.15) is 0 Å². The lowest BCUT2D eigenvalue weighted by molar-refractivity contribution is -0.117. The molecule has 98 valence electrons. The van der Waals surface area contributed by atoms with Crippen LogP contribution in [0.5, 0.6) is 5.88 Å². The van der Waals surface area contributed by atoms with Gasteiger partial charge >= 0.3 is 0 Å². The number of hydrogen-bond acceptors (Lipinski definition) is 5. The zero-order valence-electron chi connectivity index (χ0n) is 10.3. The fraction of sp³-hybridized carbons (Fsp3) is 0.364. The Kier molecular flexibility index (Phi) is 4.91. The Hall–Kier alpha value is -2.31. The summed E-state index contributed by atoms with van der Waals surface area (Å²) in [5.41, 5.74) is 5.85. The molecular weight excluding hydrogens is 236 g/mol. The van der Waals surface area contributed by atoms with Gasteiger partial charge < -0.3 is 21.0 Å². The monoisotopic (exact) mass is 252 g/mol. The van der Waals surface area contributed by atoms with Gasteiger partial charge in [0.2, 0.25) is 11.8 Å². The number of amides is 1. The number of nitrogens with zero attached hydrogens (tertiary/aromatic N) is 2. The molecule has 0 aliphatic rings. The number of ether oxygens (including phenoxy) is 1. The van der Waals surface area contributed by atoms with Gasteiger partial charge in [-0.3, -0.25) is 4.79 Å². The predicted molar refractivity (Wildman–Crippen MR) is 66.6 cm³/mol. The van der Waals surface area contributed by atoms with E-state index < -0.39 is 5.92 Å². The van der Waals surface area contributed by atoms with Gasteiger partial charge in [-0.25, -0.2) is 4.98 Å². The van der Waals surface area contributed by atoms with Crippen LogP contribution in [-0.2, 0) is 4.79 Å². The largest absolute Gasteiger partial charge is 0.478 e. The van der Waals surface area contributed by atoms with Crippen molar-refractivity contribution < 1.29 is 14.7 Å². The Balaban J connectivity index is 2.65. The molecule has 1 unspecified atom stereocenters. The van der Waals surface area contributed by atoms with E-state index in [1.54, 1.807) is 12.1 Å². The molecule has 1 atom stereocenters. The molecule has 7 nitrogen and oxygen atoms in total. The van der Waals surface area contributed by atoms with E-state index >= 15 is 0 Å². The van der Waals surface area contributed by atoms with E-state index in [0.717, 1.165) is 0 Å². The van der Waals surface area contributed by atoms with Crippen molar-refractivity contribution in [3.63, 3.8) is 0 Å². The molecule has 18 heavy (non-hydrogen) atoms. The highest BCUT2D eigenvalue weighted by molar-refractivity contribution is 6.07. The first-order valence-corrected chi connectivity index (χ1v) is 5.45. The third-order valence-electron chi connectivity index (χ3n) is 2.25. The summed E-state index contributed by atoms with van der Waals surface area (Å²) in [6.07, 6.45) is 1.47. The normalized spacial score (nSPS) is 12.9. The van der Waals surface area contributed by atoms with Gasteiger partial charge in [-0.1, -0.05) is 5.16 Å². The van der Waals surface area contributed by atoms with Gasteiger partial charge in [-0.15, -0.1) is 0 Å². The second-order valence-electron chi connectivity index (χ2n) is 3.55. The second kappa shape index (κ2) is 6.43. The fourth-order valence-corrected chi connectivity index (χ4v) is 1.16. The topological polar surface area (TPSA) is 110 Å². The maximum absolute atomic E-state index is 11.7. The lowest BCUT2D eigenvalue weighted by Crippen LogP contribution is -2.32. The number of amidine groups is 1. The molecule has 0 saturated carbocycles. The summed E-state index contributed by atoms with van der Waals surface area (Å²) in [5, 5.41) is 13.9. The Morgan fingerprint density at radius 3 is 2.89 bits per heavy atom. The Morgan fingerprint density at radius 2 is 2.39 bits per heavy atom. The van der Waals surface area contributed by atoms with Crippen LogP contribution in [-0.4, -0.2) is 28.5 Å². The number of aromatic nitrogens is 1. The van der Waals surface area contributed by atoms with E-state index in [1.807, 2.05) is 6.92 Å². The van der Waals surface area contributed by atoms with Crippen molar-refractivity contribution in [2.24, 2.45) is 16.8 Å². The van der Waals surface area contributed by atoms with Crippen LogP contribution in [0.4, 0.5) is 5.69 Å². The molecule has 1 aromatic rings. The van der Waals surface area contributed by atoms with Crippen LogP contribution in [0.1, 0.15) is 13.8 Å². The molecule has 1 heterocycles. The summed E-state index contributed by atoms with van der Waals surface area (Å²) in [6, 6.07) is 3.31. The van der Waals surface area contributed by atoms with Crippen LogP contribution < -0.4 is 15.8 Å². The van der Waals surface area contributed by atoms with Gasteiger partial charge in [0.25, 0.3) is 0 Å². The summed E-state index contributed by atoms with van der Waals surface area (Å²) in [6.45, 7) is 3.92. The molecule has 0 aliphatic carbocycles. The lowest BCUT2D eigenvalue weighted by Gasteiger charge is -2.10. The summed E-state index contributed by atoms with van der Waals surface area (Å²) < 4.78 is 5.17. The molecule has 0 aliphatic heterocycles. The highest BCUT2D eigenvalue weighted by Crippen LogP contribution is 2.12. The Labute approximate surface area is 105 Å². The zero-order chi connectivity index (χ0) is 13.5.